The molecule has 1 aromatic rings. The Morgan fingerprint density at radius 3 is 3.10 bits per heavy atom. The minimum atomic E-state index is 0.183. The van der Waals surface area contributed by atoms with Gasteiger partial charge in [-0.1, -0.05) is 0 Å². The molecule has 0 amide bonds. The zero-order valence-corrected chi connectivity index (χ0v) is 13.2. The Kier molecular flexibility index (Phi) is 3.76. The van der Waals surface area contributed by atoms with Crippen LogP contribution in [0, 0.1) is 6.57 Å². The molecule has 5 nitrogen and oxygen atoms in total. The molecule has 21 heavy (non-hydrogen) atoms. The van der Waals surface area contributed by atoms with Crippen molar-refractivity contribution in [1.29, 1.82) is 0 Å². The number of fused-ring (bicyclic) bond motifs is 1. The van der Waals surface area contributed by atoms with Crippen LogP contribution >= 0.6 is 11.6 Å². The maximum atomic E-state index is 7.22. The molecule has 0 saturated carbocycles. The van der Waals surface area contributed by atoms with Gasteiger partial charge >= 0.3 is 0 Å². The highest BCUT2D eigenvalue weighted by atomic mass is 35.5. The van der Waals surface area contributed by atoms with Crippen molar-refractivity contribution in [2.45, 2.75) is 57.2 Å². The van der Waals surface area contributed by atoms with Crippen LogP contribution in [0.15, 0.2) is 6.20 Å². The lowest BCUT2D eigenvalue weighted by Crippen LogP contribution is -2.55. The lowest BCUT2D eigenvalue weighted by atomic mass is 9.84. The van der Waals surface area contributed by atoms with Crippen LogP contribution in [-0.4, -0.2) is 39.0 Å². The molecule has 112 valence electrons. The molecule has 0 radical (unpaired) electrons. The van der Waals surface area contributed by atoms with E-state index >= 15 is 0 Å². The molecule has 0 bridgehead atoms. The highest BCUT2D eigenvalue weighted by Gasteiger charge is 2.42. The van der Waals surface area contributed by atoms with E-state index < -0.39 is 0 Å². The summed E-state index contributed by atoms with van der Waals surface area (Å²) >= 11 is 5.86. The monoisotopic (exact) mass is 305 g/mol. The molecule has 0 unspecified atom stereocenters. The molecule has 0 aromatic carbocycles. The number of nitrogens with one attached hydrogen (secondary N) is 1. The molecule has 6 heteroatoms. The van der Waals surface area contributed by atoms with Crippen molar-refractivity contribution in [1.82, 2.24) is 14.9 Å². The summed E-state index contributed by atoms with van der Waals surface area (Å²) in [6.07, 6.45) is 6.18. The zero-order chi connectivity index (χ0) is 15.0. The fraction of sp³-hybridized carbons (Fsp3) is 0.667. The van der Waals surface area contributed by atoms with E-state index in [1.54, 1.807) is 0 Å². The van der Waals surface area contributed by atoms with Crippen LogP contribution in [-0.2, 0) is 0 Å². The van der Waals surface area contributed by atoms with E-state index in [4.69, 9.17) is 18.2 Å². The highest BCUT2D eigenvalue weighted by Crippen LogP contribution is 2.39. The second-order valence-electron chi connectivity index (χ2n) is 6.57. The van der Waals surface area contributed by atoms with Crippen LogP contribution in [0.4, 0.5) is 11.5 Å². The number of nitrogens with zero attached hydrogens (tertiary/aromatic N) is 4. The molecular formula is C15H20ClN5. The third-order valence-corrected chi connectivity index (χ3v) is 4.84. The van der Waals surface area contributed by atoms with Crippen LogP contribution in [0.5, 0.6) is 0 Å². The van der Waals surface area contributed by atoms with Gasteiger partial charge in [-0.2, -0.15) is 0 Å². The summed E-state index contributed by atoms with van der Waals surface area (Å²) in [5.74, 6) is 0.567. The first-order valence-corrected chi connectivity index (χ1v) is 7.81. The molecule has 2 atom stereocenters. The third kappa shape index (κ3) is 2.83. The van der Waals surface area contributed by atoms with Crippen molar-refractivity contribution < 1.29 is 0 Å². The summed E-state index contributed by atoms with van der Waals surface area (Å²) in [6.45, 7) is 13.0. The van der Waals surface area contributed by atoms with Crippen molar-refractivity contribution >= 4 is 23.1 Å². The Bertz CT molecular complexity index is 580. The molecule has 1 N–H and O–H groups in total. The minimum absolute atomic E-state index is 0.183. The van der Waals surface area contributed by atoms with Crippen LogP contribution in [0.2, 0.25) is 5.28 Å². The lowest BCUT2D eigenvalue weighted by Gasteiger charge is -2.48. The van der Waals surface area contributed by atoms with Crippen molar-refractivity contribution in [2.24, 2.45) is 0 Å². The largest absolute Gasteiger partial charge is 0.376 e. The second kappa shape index (κ2) is 5.43. The molecule has 2 aliphatic rings. The molecule has 0 spiro atoms. The normalized spacial score (nSPS) is 27.9. The predicted octanol–water partition coefficient (Wildman–Crippen LogP) is 3.50. The molecule has 2 aliphatic heterocycles. The van der Waals surface area contributed by atoms with Crippen molar-refractivity contribution in [3.05, 3.63) is 22.9 Å². The lowest BCUT2D eigenvalue weighted by molar-refractivity contribution is 0.0501. The number of piperidine rings is 1. The van der Waals surface area contributed by atoms with Gasteiger partial charge in [-0.05, 0) is 57.7 Å². The van der Waals surface area contributed by atoms with Gasteiger partial charge in [0.05, 0.1) is 6.57 Å². The van der Waals surface area contributed by atoms with Gasteiger partial charge in [-0.15, -0.1) is 0 Å². The molecule has 3 heterocycles. The topological polar surface area (TPSA) is 45.4 Å². The number of aromatic nitrogens is 2. The Labute approximate surface area is 130 Å². The highest BCUT2D eigenvalue weighted by molar-refractivity contribution is 6.28. The van der Waals surface area contributed by atoms with Gasteiger partial charge in [0, 0.05) is 23.8 Å². The van der Waals surface area contributed by atoms with Crippen molar-refractivity contribution in [3.8, 4) is 0 Å². The van der Waals surface area contributed by atoms with E-state index in [0.717, 1.165) is 12.8 Å². The smallest absolute Gasteiger partial charge is 0.246 e. The Balaban J connectivity index is 1.80. The van der Waals surface area contributed by atoms with E-state index in [1.165, 1.54) is 25.6 Å². The summed E-state index contributed by atoms with van der Waals surface area (Å²) in [5, 5.41) is 3.62. The summed E-state index contributed by atoms with van der Waals surface area (Å²) < 4.78 is 0. The predicted molar refractivity (Wildman–Crippen MR) is 83.8 cm³/mol. The van der Waals surface area contributed by atoms with Crippen LogP contribution in [0.3, 0.4) is 0 Å². The molecule has 2 fully saturated rings. The minimum Gasteiger partial charge on any atom is -0.376 e. The molecule has 3 rings (SSSR count). The standard InChI is InChI=1S/C15H20ClN5/c1-15(2)8-10(7-11-5-4-6-21(11)15)19-13-12(17-3)9-18-14(16)20-13/h9-11H,4-8H2,1-2H3,(H,18,19,20)/t10-,11+/m0/s1. The van der Waals surface area contributed by atoms with Gasteiger partial charge in [0.15, 0.2) is 0 Å². The summed E-state index contributed by atoms with van der Waals surface area (Å²) in [4.78, 5) is 14.2. The van der Waals surface area contributed by atoms with Gasteiger partial charge in [-0.25, -0.2) is 14.8 Å². The maximum absolute atomic E-state index is 7.22. The summed E-state index contributed by atoms with van der Waals surface area (Å²) in [6, 6.07) is 0.964. The summed E-state index contributed by atoms with van der Waals surface area (Å²) in [5.41, 5.74) is 0.623. The quantitative estimate of drug-likeness (QED) is 0.671. The third-order valence-electron chi connectivity index (χ3n) is 4.66. The first-order chi connectivity index (χ1) is 9.99. The average molecular weight is 306 g/mol. The van der Waals surface area contributed by atoms with Gasteiger partial charge < -0.3 is 5.32 Å². The fourth-order valence-corrected chi connectivity index (χ4v) is 3.99. The second-order valence-corrected chi connectivity index (χ2v) is 6.91. The number of anilines is 1. The van der Waals surface area contributed by atoms with Crippen LogP contribution in [0.1, 0.15) is 39.5 Å². The first-order valence-electron chi connectivity index (χ1n) is 7.43. The van der Waals surface area contributed by atoms with E-state index in [1.807, 2.05) is 0 Å². The first kappa shape index (κ1) is 14.6. The Morgan fingerprint density at radius 2 is 2.33 bits per heavy atom. The number of hydrogen-bond donors (Lipinski definition) is 1. The maximum Gasteiger partial charge on any atom is 0.246 e. The SMILES string of the molecule is [C-]#[N+]c1cnc(Cl)nc1N[C@H]1C[C@H]2CCCN2C(C)(C)C1. The molecule has 1 aromatic heterocycles. The Morgan fingerprint density at radius 1 is 1.52 bits per heavy atom. The van der Waals surface area contributed by atoms with E-state index in [-0.39, 0.29) is 10.8 Å². The number of rotatable bonds is 2. The van der Waals surface area contributed by atoms with Crippen molar-refractivity contribution in [3.63, 3.8) is 0 Å². The van der Waals surface area contributed by atoms with Crippen molar-refractivity contribution in [2.75, 3.05) is 11.9 Å². The van der Waals surface area contributed by atoms with E-state index in [0.29, 0.717) is 23.6 Å². The van der Waals surface area contributed by atoms with Gasteiger partial charge in [0.1, 0.15) is 5.82 Å². The fourth-order valence-electron chi connectivity index (χ4n) is 3.85. The average Bonchev–Trinajstić information content (AvgIpc) is 2.87. The zero-order valence-electron chi connectivity index (χ0n) is 12.4. The number of hydrogen-bond acceptors (Lipinski definition) is 4. The summed E-state index contributed by atoms with van der Waals surface area (Å²) in [7, 11) is 0. The van der Waals surface area contributed by atoms with Gasteiger partial charge in [-0.3, -0.25) is 4.90 Å². The van der Waals surface area contributed by atoms with Crippen LogP contribution in [0.25, 0.3) is 4.85 Å². The molecule has 0 aliphatic carbocycles. The van der Waals surface area contributed by atoms with Crippen LogP contribution < -0.4 is 5.32 Å². The molecule has 2 saturated heterocycles. The van der Waals surface area contributed by atoms with Gasteiger partial charge in [0.2, 0.25) is 11.0 Å². The van der Waals surface area contributed by atoms with E-state index in [9.17, 15) is 0 Å². The molecular weight excluding hydrogens is 286 g/mol. The Hall–Kier alpha value is -1.38. The number of halogens is 1. The van der Waals surface area contributed by atoms with Gasteiger partial charge in [0.25, 0.3) is 0 Å². The van der Waals surface area contributed by atoms with E-state index in [2.05, 4.69) is 38.9 Å².